The van der Waals surface area contributed by atoms with Gasteiger partial charge in [-0.25, -0.2) is 4.79 Å². The molecule has 0 bridgehead atoms. The molecule has 0 saturated carbocycles. The number of hydrogen-bond acceptors (Lipinski definition) is 3. The fraction of sp³-hybridized carbons (Fsp3) is 0.355. The number of carbonyl (C=O) groups excluding carboxylic acids is 1. The van der Waals surface area contributed by atoms with Crippen molar-refractivity contribution in [2.45, 2.75) is 72.8 Å². The normalized spacial score (nSPS) is 14.5. The monoisotopic (exact) mass is 485 g/mol. The number of aryl methyl sites for hydroxylation is 1. The first kappa shape index (κ1) is 25.6. The molecule has 0 saturated heterocycles. The van der Waals surface area contributed by atoms with E-state index in [-0.39, 0.29) is 12.3 Å². The lowest BCUT2D eigenvalue weighted by Gasteiger charge is -2.35. The molecule has 36 heavy (non-hydrogen) atoms. The number of amides is 1. The van der Waals surface area contributed by atoms with Crippen LogP contribution in [-0.2, 0) is 33.8 Å². The Morgan fingerprint density at radius 1 is 0.972 bits per heavy atom. The van der Waals surface area contributed by atoms with Crippen LogP contribution in [0.15, 0.2) is 54.6 Å². The zero-order valence-electron chi connectivity index (χ0n) is 22.0. The van der Waals surface area contributed by atoms with Crippen LogP contribution in [-0.4, -0.2) is 27.5 Å². The van der Waals surface area contributed by atoms with E-state index in [1.54, 1.807) is 0 Å². The summed E-state index contributed by atoms with van der Waals surface area (Å²) in [6.07, 6.45) is -0.902. The second kappa shape index (κ2) is 9.90. The molecular formula is C31H35NO4. The van der Waals surface area contributed by atoms with Gasteiger partial charge in [-0.2, -0.15) is 0 Å². The molecule has 5 nitrogen and oxygen atoms in total. The third kappa shape index (κ3) is 5.21. The van der Waals surface area contributed by atoms with Gasteiger partial charge in [-0.3, -0.25) is 4.79 Å². The fourth-order valence-corrected chi connectivity index (χ4v) is 5.11. The summed E-state index contributed by atoms with van der Waals surface area (Å²) in [5.41, 5.74) is 7.90. The molecule has 0 spiro atoms. The molecule has 0 fully saturated rings. The highest BCUT2D eigenvalue weighted by Gasteiger charge is 2.36. The number of benzene rings is 3. The second-order valence-electron chi connectivity index (χ2n) is 10.7. The lowest BCUT2D eigenvalue weighted by molar-refractivity contribution is -0.160. The zero-order valence-corrected chi connectivity index (χ0v) is 22.0. The lowest BCUT2D eigenvalue weighted by atomic mass is 9.80. The standard InChI is InChI=1S/C31H35NO4/c1-19-12-14-23(15-13-19)27-21(3)25-18-32(17-22-10-8-7-9-11-22)26(33)16-24(25)20(2)28(27)29(30(34)35)36-31(4,5)6/h7-15,29H,16-18H2,1-6H3,(H,34,35). The molecule has 0 aromatic heterocycles. The van der Waals surface area contributed by atoms with Crippen molar-refractivity contribution in [1.82, 2.24) is 4.90 Å². The van der Waals surface area contributed by atoms with E-state index in [9.17, 15) is 14.7 Å². The van der Waals surface area contributed by atoms with Crippen LogP contribution < -0.4 is 0 Å². The van der Waals surface area contributed by atoms with E-state index in [2.05, 4.69) is 0 Å². The maximum Gasteiger partial charge on any atom is 0.337 e. The van der Waals surface area contributed by atoms with E-state index in [0.29, 0.717) is 18.7 Å². The van der Waals surface area contributed by atoms with Crippen LogP contribution in [0, 0.1) is 20.8 Å². The van der Waals surface area contributed by atoms with Gasteiger partial charge in [-0.15, -0.1) is 0 Å². The van der Waals surface area contributed by atoms with Crippen LogP contribution in [0.1, 0.15) is 65.8 Å². The van der Waals surface area contributed by atoms with Crippen molar-refractivity contribution in [2.75, 3.05) is 0 Å². The average Bonchev–Trinajstić information content (AvgIpc) is 2.81. The van der Waals surface area contributed by atoms with Gasteiger partial charge in [0.2, 0.25) is 5.91 Å². The van der Waals surface area contributed by atoms with Gasteiger partial charge >= 0.3 is 5.97 Å². The molecule has 5 heteroatoms. The van der Waals surface area contributed by atoms with Crippen molar-refractivity contribution < 1.29 is 19.4 Å². The lowest BCUT2D eigenvalue weighted by Crippen LogP contribution is -2.37. The predicted molar refractivity (Wildman–Crippen MR) is 142 cm³/mol. The highest BCUT2D eigenvalue weighted by Crippen LogP contribution is 2.43. The van der Waals surface area contributed by atoms with Crippen LogP contribution in [0.4, 0.5) is 0 Å². The minimum Gasteiger partial charge on any atom is -0.479 e. The molecule has 1 unspecified atom stereocenters. The minimum atomic E-state index is -1.15. The van der Waals surface area contributed by atoms with Gasteiger partial charge in [0, 0.05) is 18.7 Å². The summed E-state index contributed by atoms with van der Waals surface area (Å²) in [4.78, 5) is 27.7. The summed E-state index contributed by atoms with van der Waals surface area (Å²) in [7, 11) is 0. The van der Waals surface area contributed by atoms with Gasteiger partial charge in [0.15, 0.2) is 6.10 Å². The van der Waals surface area contributed by atoms with Crippen LogP contribution in [0.2, 0.25) is 0 Å². The highest BCUT2D eigenvalue weighted by atomic mass is 16.5. The molecule has 3 aromatic carbocycles. The molecule has 1 aliphatic rings. The van der Waals surface area contributed by atoms with E-state index >= 15 is 0 Å². The van der Waals surface area contributed by atoms with Crippen molar-refractivity contribution in [3.8, 4) is 11.1 Å². The number of carboxylic acid groups (broad SMARTS) is 1. The number of ether oxygens (including phenoxy) is 1. The largest absolute Gasteiger partial charge is 0.479 e. The van der Waals surface area contributed by atoms with Crippen LogP contribution >= 0.6 is 0 Å². The van der Waals surface area contributed by atoms with Gasteiger partial charge in [-0.05, 0) is 80.5 Å². The molecule has 1 N–H and O–H groups in total. The van der Waals surface area contributed by atoms with Crippen molar-refractivity contribution >= 4 is 11.9 Å². The molecule has 0 aliphatic carbocycles. The van der Waals surface area contributed by atoms with Crippen LogP contribution in [0.3, 0.4) is 0 Å². The first-order valence-electron chi connectivity index (χ1n) is 12.4. The Morgan fingerprint density at radius 3 is 2.19 bits per heavy atom. The maximum atomic E-state index is 13.2. The number of fused-ring (bicyclic) bond motifs is 1. The molecule has 4 rings (SSSR count). The third-order valence-electron chi connectivity index (χ3n) is 6.86. The molecule has 188 valence electrons. The summed E-state index contributed by atoms with van der Waals surface area (Å²) in [6.45, 7) is 12.6. The number of carbonyl (C=O) groups is 2. The fourth-order valence-electron chi connectivity index (χ4n) is 5.11. The Kier molecular flexibility index (Phi) is 7.05. The molecule has 3 aromatic rings. The van der Waals surface area contributed by atoms with Crippen LogP contribution in [0.5, 0.6) is 0 Å². The van der Waals surface area contributed by atoms with E-state index in [4.69, 9.17) is 4.74 Å². The third-order valence-corrected chi connectivity index (χ3v) is 6.86. The Bertz CT molecular complexity index is 1290. The van der Waals surface area contributed by atoms with Crippen LogP contribution in [0.25, 0.3) is 11.1 Å². The van der Waals surface area contributed by atoms with Crippen molar-refractivity contribution in [3.63, 3.8) is 0 Å². The molecule has 1 heterocycles. The molecule has 0 radical (unpaired) electrons. The Hall–Kier alpha value is -3.44. The molecule has 1 aliphatic heterocycles. The smallest absolute Gasteiger partial charge is 0.337 e. The van der Waals surface area contributed by atoms with E-state index in [0.717, 1.165) is 44.5 Å². The summed E-state index contributed by atoms with van der Waals surface area (Å²) >= 11 is 0. The van der Waals surface area contributed by atoms with Crippen molar-refractivity contribution in [1.29, 1.82) is 0 Å². The van der Waals surface area contributed by atoms with Gasteiger partial charge in [0.05, 0.1) is 12.0 Å². The summed E-state index contributed by atoms with van der Waals surface area (Å²) in [6, 6.07) is 18.2. The van der Waals surface area contributed by atoms with E-state index in [1.165, 1.54) is 0 Å². The molecular weight excluding hydrogens is 450 g/mol. The number of aliphatic carboxylic acids is 1. The van der Waals surface area contributed by atoms with E-state index < -0.39 is 17.7 Å². The summed E-state index contributed by atoms with van der Waals surface area (Å²) in [5, 5.41) is 10.3. The highest BCUT2D eigenvalue weighted by molar-refractivity contribution is 5.87. The van der Waals surface area contributed by atoms with Gasteiger partial charge in [-0.1, -0.05) is 60.2 Å². The topological polar surface area (TPSA) is 66.8 Å². The van der Waals surface area contributed by atoms with Crippen molar-refractivity contribution in [2.24, 2.45) is 0 Å². The van der Waals surface area contributed by atoms with Gasteiger partial charge in [0.25, 0.3) is 0 Å². The van der Waals surface area contributed by atoms with E-state index in [1.807, 2.05) is 101 Å². The quantitative estimate of drug-likeness (QED) is 0.445. The first-order valence-corrected chi connectivity index (χ1v) is 12.4. The van der Waals surface area contributed by atoms with Gasteiger partial charge < -0.3 is 14.7 Å². The summed E-state index contributed by atoms with van der Waals surface area (Å²) < 4.78 is 6.13. The second-order valence-corrected chi connectivity index (χ2v) is 10.7. The number of hydrogen-bond donors (Lipinski definition) is 1. The Morgan fingerprint density at radius 2 is 1.61 bits per heavy atom. The minimum absolute atomic E-state index is 0.0477. The zero-order chi connectivity index (χ0) is 26.2. The Labute approximate surface area is 213 Å². The molecule has 1 atom stereocenters. The maximum absolute atomic E-state index is 13.2. The first-order chi connectivity index (χ1) is 17.0. The SMILES string of the molecule is Cc1ccc(-c2c(C)c3c(c(C)c2C(OC(C)(C)C)C(=O)O)CC(=O)N(Cc2ccccc2)C3)cc1. The average molecular weight is 486 g/mol. The number of carboxylic acids is 1. The Balaban J connectivity index is 1.91. The van der Waals surface area contributed by atoms with Gasteiger partial charge in [0.1, 0.15) is 0 Å². The summed E-state index contributed by atoms with van der Waals surface area (Å²) in [5.74, 6) is -0.986. The number of nitrogens with zero attached hydrogens (tertiary/aromatic N) is 1. The van der Waals surface area contributed by atoms with Crippen molar-refractivity contribution in [3.05, 3.63) is 93.5 Å². The number of rotatable bonds is 6. The molecule has 1 amide bonds. The predicted octanol–water partition coefficient (Wildman–Crippen LogP) is 6.30.